The molecule has 35 heavy (non-hydrogen) atoms. The van der Waals surface area contributed by atoms with Gasteiger partial charge in [-0.25, -0.2) is 0 Å². The van der Waals surface area contributed by atoms with Crippen LogP contribution in [0, 0.1) is 5.92 Å². The first kappa shape index (κ1) is 24.1. The van der Waals surface area contributed by atoms with Crippen molar-refractivity contribution >= 4 is 23.2 Å². The van der Waals surface area contributed by atoms with Gasteiger partial charge in [-0.1, -0.05) is 24.3 Å². The van der Waals surface area contributed by atoms with E-state index in [4.69, 9.17) is 14.2 Å². The lowest BCUT2D eigenvalue weighted by Crippen LogP contribution is -2.47. The fourth-order valence-corrected chi connectivity index (χ4v) is 4.47. The summed E-state index contributed by atoms with van der Waals surface area (Å²) in [5, 5.41) is 3.05. The molecule has 0 saturated carbocycles. The van der Waals surface area contributed by atoms with Crippen LogP contribution in [0.5, 0.6) is 17.2 Å². The Morgan fingerprint density at radius 2 is 1.57 bits per heavy atom. The minimum absolute atomic E-state index is 0.0326. The normalized spacial score (nSPS) is 17.6. The van der Waals surface area contributed by atoms with E-state index in [9.17, 15) is 9.59 Å². The molecule has 0 aliphatic carbocycles. The molecule has 0 aromatic heterocycles. The van der Waals surface area contributed by atoms with E-state index >= 15 is 0 Å². The lowest BCUT2D eigenvalue weighted by atomic mass is 9.83. The van der Waals surface area contributed by atoms with Gasteiger partial charge in [0.2, 0.25) is 11.8 Å². The zero-order valence-corrected chi connectivity index (χ0v) is 20.2. The molecule has 1 N–H and O–H groups in total. The third kappa shape index (κ3) is 5.24. The number of nitrogens with one attached hydrogen (secondary N) is 1. The summed E-state index contributed by atoms with van der Waals surface area (Å²) in [5.41, 5.74) is 2.18. The largest absolute Gasteiger partial charge is 0.497 e. The van der Waals surface area contributed by atoms with Crippen LogP contribution in [0.1, 0.15) is 31.4 Å². The average Bonchev–Trinajstić information content (AvgIpc) is 2.90. The van der Waals surface area contributed by atoms with Gasteiger partial charge in [-0.2, -0.15) is 0 Å². The van der Waals surface area contributed by atoms with E-state index in [0.29, 0.717) is 41.7 Å². The van der Waals surface area contributed by atoms with Crippen LogP contribution in [0.4, 0.5) is 11.4 Å². The first-order valence-electron chi connectivity index (χ1n) is 11.7. The quantitative estimate of drug-likeness (QED) is 0.484. The van der Waals surface area contributed by atoms with Crippen molar-refractivity contribution in [2.45, 2.75) is 25.8 Å². The highest BCUT2D eigenvalue weighted by Gasteiger charge is 2.41. The molecule has 0 radical (unpaired) electrons. The SMILES string of the molecule is CCOc1ccccc1NC(=O)C1CCC(=O)N(c2ccc(OC)cc2)C1c1ccc(OC)cc1. The summed E-state index contributed by atoms with van der Waals surface area (Å²) in [6.45, 7) is 2.39. The number of benzene rings is 3. The Hall–Kier alpha value is -4.00. The van der Waals surface area contributed by atoms with Crippen molar-refractivity contribution in [1.29, 1.82) is 0 Å². The van der Waals surface area contributed by atoms with Gasteiger partial charge < -0.3 is 24.4 Å². The molecular formula is C28H30N2O5. The average molecular weight is 475 g/mol. The molecule has 182 valence electrons. The molecule has 1 saturated heterocycles. The Morgan fingerprint density at radius 1 is 0.943 bits per heavy atom. The Kier molecular flexibility index (Phi) is 7.55. The van der Waals surface area contributed by atoms with Crippen LogP contribution < -0.4 is 24.4 Å². The van der Waals surface area contributed by atoms with Gasteiger partial charge in [0, 0.05) is 12.1 Å². The van der Waals surface area contributed by atoms with Gasteiger partial charge in [0.25, 0.3) is 0 Å². The first-order chi connectivity index (χ1) is 17.0. The second kappa shape index (κ2) is 11.0. The molecule has 1 fully saturated rings. The van der Waals surface area contributed by atoms with Gasteiger partial charge in [-0.3, -0.25) is 9.59 Å². The fraction of sp³-hybridized carbons (Fsp3) is 0.286. The van der Waals surface area contributed by atoms with E-state index in [0.717, 1.165) is 5.56 Å². The van der Waals surface area contributed by atoms with E-state index in [1.54, 1.807) is 19.1 Å². The number of para-hydroxylation sites is 2. The van der Waals surface area contributed by atoms with Crippen molar-refractivity contribution in [3.05, 3.63) is 78.4 Å². The van der Waals surface area contributed by atoms with Gasteiger partial charge in [-0.05, 0) is 67.4 Å². The summed E-state index contributed by atoms with van der Waals surface area (Å²) in [5.74, 6) is 1.35. The second-order valence-electron chi connectivity index (χ2n) is 8.24. The number of ether oxygens (including phenoxy) is 3. The summed E-state index contributed by atoms with van der Waals surface area (Å²) < 4.78 is 16.3. The van der Waals surface area contributed by atoms with Crippen LogP contribution in [-0.4, -0.2) is 32.6 Å². The number of carbonyl (C=O) groups excluding carboxylic acids is 2. The number of amides is 2. The van der Waals surface area contributed by atoms with Crippen LogP contribution in [0.15, 0.2) is 72.8 Å². The van der Waals surface area contributed by atoms with E-state index in [-0.39, 0.29) is 18.2 Å². The second-order valence-corrected chi connectivity index (χ2v) is 8.24. The number of nitrogens with zero attached hydrogens (tertiary/aromatic N) is 1. The number of hydrogen-bond acceptors (Lipinski definition) is 5. The molecule has 1 aliphatic heterocycles. The molecule has 0 spiro atoms. The van der Waals surface area contributed by atoms with Crippen molar-refractivity contribution in [3.8, 4) is 17.2 Å². The third-order valence-corrected chi connectivity index (χ3v) is 6.19. The van der Waals surface area contributed by atoms with Gasteiger partial charge in [0.1, 0.15) is 17.2 Å². The standard InChI is InChI=1S/C28H30N2O5/c1-4-35-25-8-6-5-7-24(25)29-28(32)23-17-18-26(31)30(20-11-15-22(34-3)16-12-20)27(23)19-9-13-21(33-2)14-10-19/h5-16,23,27H,4,17-18H2,1-3H3,(H,29,32). The summed E-state index contributed by atoms with van der Waals surface area (Å²) >= 11 is 0. The summed E-state index contributed by atoms with van der Waals surface area (Å²) in [6.07, 6.45) is 0.703. The molecule has 1 aliphatic rings. The molecule has 3 aromatic rings. The van der Waals surface area contributed by atoms with Gasteiger partial charge in [-0.15, -0.1) is 0 Å². The molecule has 7 nitrogen and oxygen atoms in total. The van der Waals surface area contributed by atoms with Crippen LogP contribution in [0.25, 0.3) is 0 Å². The van der Waals surface area contributed by atoms with Crippen molar-refractivity contribution in [2.75, 3.05) is 31.0 Å². The number of hydrogen-bond donors (Lipinski definition) is 1. The first-order valence-corrected chi connectivity index (χ1v) is 11.7. The Labute approximate surface area is 205 Å². The van der Waals surface area contributed by atoms with E-state index in [2.05, 4.69) is 5.32 Å². The molecule has 2 amide bonds. The van der Waals surface area contributed by atoms with E-state index < -0.39 is 12.0 Å². The smallest absolute Gasteiger partial charge is 0.230 e. The van der Waals surface area contributed by atoms with E-state index in [1.807, 2.05) is 79.7 Å². The summed E-state index contributed by atoms with van der Waals surface area (Å²) in [7, 11) is 3.20. The van der Waals surface area contributed by atoms with Crippen molar-refractivity contribution in [2.24, 2.45) is 5.92 Å². The predicted octanol–water partition coefficient (Wildman–Crippen LogP) is 5.23. The Bertz CT molecular complexity index is 1160. The number of anilines is 2. The molecular weight excluding hydrogens is 444 g/mol. The fourth-order valence-electron chi connectivity index (χ4n) is 4.47. The summed E-state index contributed by atoms with van der Waals surface area (Å²) in [4.78, 5) is 28.6. The monoisotopic (exact) mass is 474 g/mol. The lowest BCUT2D eigenvalue weighted by Gasteiger charge is -2.41. The zero-order chi connectivity index (χ0) is 24.8. The molecule has 1 heterocycles. The van der Waals surface area contributed by atoms with Crippen molar-refractivity contribution in [1.82, 2.24) is 0 Å². The Morgan fingerprint density at radius 3 is 2.20 bits per heavy atom. The van der Waals surface area contributed by atoms with Crippen molar-refractivity contribution in [3.63, 3.8) is 0 Å². The lowest BCUT2D eigenvalue weighted by molar-refractivity contribution is -0.125. The highest BCUT2D eigenvalue weighted by Crippen LogP contribution is 2.41. The molecule has 2 unspecified atom stereocenters. The van der Waals surface area contributed by atoms with Crippen LogP contribution in [-0.2, 0) is 9.59 Å². The van der Waals surface area contributed by atoms with Gasteiger partial charge >= 0.3 is 0 Å². The summed E-state index contributed by atoms with van der Waals surface area (Å²) in [6, 6.07) is 21.7. The van der Waals surface area contributed by atoms with Gasteiger partial charge in [0.15, 0.2) is 0 Å². The Balaban J connectivity index is 1.72. The van der Waals surface area contributed by atoms with Crippen molar-refractivity contribution < 1.29 is 23.8 Å². The highest BCUT2D eigenvalue weighted by atomic mass is 16.5. The molecule has 2 atom stereocenters. The maximum atomic E-state index is 13.7. The van der Waals surface area contributed by atoms with E-state index in [1.165, 1.54) is 0 Å². The third-order valence-electron chi connectivity index (χ3n) is 6.19. The maximum absolute atomic E-state index is 13.7. The number of carbonyl (C=O) groups is 2. The molecule has 4 rings (SSSR count). The van der Waals surface area contributed by atoms with Gasteiger partial charge in [0.05, 0.1) is 38.5 Å². The van der Waals surface area contributed by atoms with Crippen LogP contribution in [0.2, 0.25) is 0 Å². The molecule has 3 aromatic carbocycles. The minimum Gasteiger partial charge on any atom is -0.497 e. The van der Waals surface area contributed by atoms with Crippen LogP contribution >= 0.6 is 0 Å². The number of methoxy groups -OCH3 is 2. The molecule has 7 heteroatoms. The molecule has 0 bridgehead atoms. The minimum atomic E-state index is -0.491. The predicted molar refractivity (Wildman–Crippen MR) is 135 cm³/mol. The highest BCUT2D eigenvalue weighted by molar-refractivity contribution is 6.00. The maximum Gasteiger partial charge on any atom is 0.230 e. The number of rotatable bonds is 8. The zero-order valence-electron chi connectivity index (χ0n) is 20.2. The number of piperidine rings is 1. The topological polar surface area (TPSA) is 77.1 Å². The van der Waals surface area contributed by atoms with Crippen LogP contribution in [0.3, 0.4) is 0 Å².